The second-order valence-electron chi connectivity index (χ2n) is 6.79. The van der Waals surface area contributed by atoms with E-state index in [1.165, 1.54) is 12.1 Å². The van der Waals surface area contributed by atoms with Gasteiger partial charge < -0.3 is 16.0 Å². The van der Waals surface area contributed by atoms with Gasteiger partial charge in [0.05, 0.1) is 5.54 Å². The average Bonchev–Trinajstić information content (AvgIpc) is 2.57. The van der Waals surface area contributed by atoms with Crippen molar-refractivity contribution < 1.29 is 4.79 Å². The summed E-state index contributed by atoms with van der Waals surface area (Å²) in [4.78, 5) is 14.9. The van der Waals surface area contributed by atoms with E-state index < -0.39 is 5.54 Å². The monoisotopic (exact) mass is 301 g/mol. The Balaban J connectivity index is 1.50. The van der Waals surface area contributed by atoms with Crippen LogP contribution in [0.1, 0.15) is 44.9 Å². The molecular formula is C18H27N3O. The highest BCUT2D eigenvalue weighted by Crippen LogP contribution is 2.27. The predicted molar refractivity (Wildman–Crippen MR) is 89.8 cm³/mol. The normalized spacial score (nSPS) is 22.3. The molecule has 1 heterocycles. The highest BCUT2D eigenvalue weighted by Gasteiger charge is 2.36. The van der Waals surface area contributed by atoms with Crippen LogP contribution in [0.2, 0.25) is 0 Å². The maximum atomic E-state index is 12.5. The molecule has 0 unspecified atom stereocenters. The third kappa shape index (κ3) is 3.43. The first-order valence-corrected chi connectivity index (χ1v) is 8.57. The Morgan fingerprint density at radius 1 is 1.09 bits per heavy atom. The number of hydrogen-bond donors (Lipinski definition) is 2. The summed E-state index contributed by atoms with van der Waals surface area (Å²) >= 11 is 0. The van der Waals surface area contributed by atoms with Gasteiger partial charge in [0.1, 0.15) is 0 Å². The van der Waals surface area contributed by atoms with Crippen LogP contribution in [0.5, 0.6) is 0 Å². The Labute approximate surface area is 133 Å². The predicted octanol–water partition coefficient (Wildman–Crippen LogP) is 2.43. The molecule has 1 amide bonds. The number of piperidine rings is 1. The molecular weight excluding hydrogens is 274 g/mol. The summed E-state index contributed by atoms with van der Waals surface area (Å²) in [6.07, 6.45) is 7.03. The molecule has 3 rings (SSSR count). The van der Waals surface area contributed by atoms with Gasteiger partial charge >= 0.3 is 0 Å². The Morgan fingerprint density at radius 3 is 2.36 bits per heavy atom. The molecule has 0 atom stereocenters. The molecule has 1 aliphatic carbocycles. The van der Waals surface area contributed by atoms with Gasteiger partial charge in [0.25, 0.3) is 0 Å². The largest absolute Gasteiger partial charge is 0.371 e. The quantitative estimate of drug-likeness (QED) is 0.901. The summed E-state index contributed by atoms with van der Waals surface area (Å²) in [7, 11) is 0. The Morgan fingerprint density at radius 2 is 1.73 bits per heavy atom. The number of hydrogen-bond acceptors (Lipinski definition) is 3. The van der Waals surface area contributed by atoms with E-state index in [1.807, 2.05) is 6.07 Å². The van der Waals surface area contributed by atoms with Crippen molar-refractivity contribution in [3.05, 3.63) is 30.3 Å². The molecule has 22 heavy (non-hydrogen) atoms. The Hall–Kier alpha value is -1.55. The zero-order valence-electron chi connectivity index (χ0n) is 13.3. The van der Waals surface area contributed by atoms with Crippen LogP contribution in [0.15, 0.2) is 30.3 Å². The molecule has 1 aromatic carbocycles. The SMILES string of the molecule is NC1(C(=O)NC2CCN(c3ccccc3)CC2)CCCCC1. The summed E-state index contributed by atoms with van der Waals surface area (Å²) < 4.78 is 0. The first-order chi connectivity index (χ1) is 10.7. The van der Waals surface area contributed by atoms with Crippen LogP contribution < -0.4 is 16.0 Å². The fraction of sp³-hybridized carbons (Fsp3) is 0.611. The van der Waals surface area contributed by atoms with E-state index in [2.05, 4.69) is 34.5 Å². The first-order valence-electron chi connectivity index (χ1n) is 8.57. The first kappa shape index (κ1) is 15.3. The van der Waals surface area contributed by atoms with Gasteiger partial charge in [-0.1, -0.05) is 37.5 Å². The van der Waals surface area contributed by atoms with Crippen molar-refractivity contribution in [1.29, 1.82) is 0 Å². The number of anilines is 1. The highest BCUT2D eigenvalue weighted by molar-refractivity contribution is 5.86. The maximum Gasteiger partial charge on any atom is 0.240 e. The summed E-state index contributed by atoms with van der Waals surface area (Å²) in [5, 5.41) is 3.21. The minimum atomic E-state index is -0.616. The van der Waals surface area contributed by atoms with E-state index in [9.17, 15) is 4.79 Å². The number of benzene rings is 1. The maximum absolute atomic E-state index is 12.5. The number of rotatable bonds is 3. The van der Waals surface area contributed by atoms with E-state index in [0.29, 0.717) is 0 Å². The smallest absolute Gasteiger partial charge is 0.240 e. The Bertz CT molecular complexity index is 488. The number of nitrogens with one attached hydrogen (secondary N) is 1. The van der Waals surface area contributed by atoms with E-state index in [0.717, 1.165) is 51.6 Å². The lowest BCUT2D eigenvalue weighted by Gasteiger charge is -2.37. The van der Waals surface area contributed by atoms with Crippen molar-refractivity contribution >= 4 is 11.6 Å². The topological polar surface area (TPSA) is 58.4 Å². The lowest BCUT2D eigenvalue weighted by molar-refractivity contribution is -0.128. The molecule has 1 aliphatic heterocycles. The van der Waals surface area contributed by atoms with Gasteiger partial charge in [-0.25, -0.2) is 0 Å². The third-order valence-electron chi connectivity index (χ3n) is 5.15. The lowest BCUT2D eigenvalue weighted by Crippen LogP contribution is -2.58. The molecule has 4 heteroatoms. The van der Waals surface area contributed by atoms with Crippen LogP contribution in [0, 0.1) is 0 Å². The van der Waals surface area contributed by atoms with Crippen molar-refractivity contribution in [2.75, 3.05) is 18.0 Å². The number of para-hydroxylation sites is 1. The van der Waals surface area contributed by atoms with Gasteiger partial charge in [0.2, 0.25) is 5.91 Å². The molecule has 0 radical (unpaired) electrons. The summed E-state index contributed by atoms with van der Waals surface area (Å²) in [6.45, 7) is 1.99. The number of amides is 1. The van der Waals surface area contributed by atoms with Gasteiger partial charge in [-0.3, -0.25) is 4.79 Å². The van der Waals surface area contributed by atoms with Crippen molar-refractivity contribution in [2.24, 2.45) is 5.73 Å². The van der Waals surface area contributed by atoms with Gasteiger partial charge in [-0.05, 0) is 37.8 Å². The third-order valence-corrected chi connectivity index (χ3v) is 5.15. The van der Waals surface area contributed by atoms with Crippen LogP contribution in [0.4, 0.5) is 5.69 Å². The molecule has 1 saturated carbocycles. The van der Waals surface area contributed by atoms with Crippen LogP contribution in [-0.4, -0.2) is 30.6 Å². The van der Waals surface area contributed by atoms with Crippen molar-refractivity contribution in [2.45, 2.75) is 56.5 Å². The fourth-order valence-corrected chi connectivity index (χ4v) is 3.66. The minimum Gasteiger partial charge on any atom is -0.371 e. The lowest BCUT2D eigenvalue weighted by atomic mass is 9.81. The fourth-order valence-electron chi connectivity index (χ4n) is 3.66. The average molecular weight is 301 g/mol. The van der Waals surface area contributed by atoms with Crippen LogP contribution >= 0.6 is 0 Å². The molecule has 0 aromatic heterocycles. The second kappa shape index (κ2) is 6.69. The number of carbonyl (C=O) groups is 1. The van der Waals surface area contributed by atoms with Gasteiger partial charge in [-0.15, -0.1) is 0 Å². The number of nitrogens with zero attached hydrogens (tertiary/aromatic N) is 1. The number of nitrogens with two attached hydrogens (primary N) is 1. The molecule has 4 nitrogen and oxygen atoms in total. The zero-order chi connectivity index (χ0) is 15.4. The van der Waals surface area contributed by atoms with Crippen molar-refractivity contribution in [1.82, 2.24) is 5.32 Å². The molecule has 120 valence electrons. The van der Waals surface area contributed by atoms with E-state index in [4.69, 9.17) is 5.73 Å². The van der Waals surface area contributed by atoms with Crippen LogP contribution in [0.3, 0.4) is 0 Å². The zero-order valence-corrected chi connectivity index (χ0v) is 13.3. The van der Waals surface area contributed by atoms with Crippen molar-refractivity contribution in [3.63, 3.8) is 0 Å². The van der Waals surface area contributed by atoms with Crippen LogP contribution in [0.25, 0.3) is 0 Å². The molecule has 1 saturated heterocycles. The molecule has 3 N–H and O–H groups in total. The van der Waals surface area contributed by atoms with Gasteiger partial charge in [-0.2, -0.15) is 0 Å². The van der Waals surface area contributed by atoms with Crippen LogP contribution in [-0.2, 0) is 4.79 Å². The Kier molecular flexibility index (Phi) is 4.67. The minimum absolute atomic E-state index is 0.0744. The highest BCUT2D eigenvalue weighted by atomic mass is 16.2. The molecule has 2 fully saturated rings. The van der Waals surface area contributed by atoms with E-state index in [-0.39, 0.29) is 11.9 Å². The van der Waals surface area contributed by atoms with Crippen molar-refractivity contribution in [3.8, 4) is 0 Å². The van der Waals surface area contributed by atoms with Gasteiger partial charge in [0.15, 0.2) is 0 Å². The molecule has 0 spiro atoms. The summed E-state index contributed by atoms with van der Waals surface area (Å²) in [5.74, 6) is 0.0744. The summed E-state index contributed by atoms with van der Waals surface area (Å²) in [5.41, 5.74) is 6.97. The van der Waals surface area contributed by atoms with E-state index >= 15 is 0 Å². The number of carbonyl (C=O) groups excluding carboxylic acids is 1. The second-order valence-corrected chi connectivity index (χ2v) is 6.79. The molecule has 2 aliphatic rings. The molecule has 0 bridgehead atoms. The summed E-state index contributed by atoms with van der Waals surface area (Å²) in [6, 6.07) is 10.8. The van der Waals surface area contributed by atoms with E-state index in [1.54, 1.807) is 0 Å². The standard InChI is InChI=1S/C18H27N3O/c19-18(11-5-2-6-12-18)17(22)20-15-9-13-21(14-10-15)16-7-3-1-4-8-16/h1,3-4,7-8,15H,2,5-6,9-14,19H2,(H,20,22). The molecule has 1 aromatic rings. The van der Waals surface area contributed by atoms with Gasteiger partial charge in [0, 0.05) is 24.8 Å².